The summed E-state index contributed by atoms with van der Waals surface area (Å²) in [7, 11) is 0. The predicted molar refractivity (Wildman–Crippen MR) is 110 cm³/mol. The van der Waals surface area contributed by atoms with Gasteiger partial charge in [0.1, 0.15) is 0 Å². The molecule has 0 amide bonds. The molecule has 1 atom stereocenters. The summed E-state index contributed by atoms with van der Waals surface area (Å²) < 4.78 is 0. The summed E-state index contributed by atoms with van der Waals surface area (Å²) in [6, 6.07) is 32.2. The van der Waals surface area contributed by atoms with Crippen LogP contribution in [-0.2, 0) is 5.54 Å². The van der Waals surface area contributed by atoms with Crippen molar-refractivity contribution in [3.05, 3.63) is 108 Å². The van der Waals surface area contributed by atoms with E-state index in [9.17, 15) is 0 Å². The third kappa shape index (κ3) is 4.02. The van der Waals surface area contributed by atoms with Crippen molar-refractivity contribution in [2.45, 2.75) is 23.7 Å². The molecule has 0 spiro atoms. The molecule has 0 radical (unpaired) electrons. The monoisotopic (exact) mass is 393 g/mol. The Morgan fingerprint density at radius 1 is 0.720 bits per heavy atom. The largest absolute Gasteiger partial charge is 0.300 e. The molecule has 3 aromatic carbocycles. The highest BCUT2D eigenvalue weighted by Crippen LogP contribution is 2.36. The fourth-order valence-electron chi connectivity index (χ4n) is 3.33. The molecular formula is C23H24BrN. The van der Waals surface area contributed by atoms with Gasteiger partial charge in [-0.3, -0.25) is 5.32 Å². The number of hydrogen-bond donors (Lipinski definition) is 1. The second-order valence-corrected chi connectivity index (χ2v) is 7.91. The molecule has 0 aliphatic rings. The van der Waals surface area contributed by atoms with Crippen LogP contribution in [0.2, 0.25) is 0 Å². The van der Waals surface area contributed by atoms with Crippen molar-refractivity contribution in [1.82, 2.24) is 5.32 Å². The summed E-state index contributed by atoms with van der Waals surface area (Å²) in [5.74, 6) is 0. The van der Waals surface area contributed by atoms with Gasteiger partial charge in [-0.25, -0.2) is 0 Å². The van der Waals surface area contributed by atoms with Gasteiger partial charge in [-0.15, -0.1) is 0 Å². The molecule has 0 heterocycles. The van der Waals surface area contributed by atoms with Gasteiger partial charge in [0.15, 0.2) is 0 Å². The van der Waals surface area contributed by atoms with Gasteiger partial charge in [-0.2, -0.15) is 0 Å². The van der Waals surface area contributed by atoms with E-state index in [-0.39, 0.29) is 5.54 Å². The van der Waals surface area contributed by atoms with Crippen molar-refractivity contribution in [3.63, 3.8) is 0 Å². The molecule has 0 saturated carbocycles. The van der Waals surface area contributed by atoms with Crippen molar-refractivity contribution in [1.29, 1.82) is 0 Å². The summed E-state index contributed by atoms with van der Waals surface area (Å²) >= 11 is 3.67. The Morgan fingerprint density at radius 2 is 1.08 bits per heavy atom. The van der Waals surface area contributed by atoms with Gasteiger partial charge in [0.05, 0.1) is 5.54 Å². The van der Waals surface area contributed by atoms with Crippen LogP contribution in [-0.4, -0.2) is 11.4 Å². The van der Waals surface area contributed by atoms with Crippen molar-refractivity contribution >= 4 is 15.9 Å². The van der Waals surface area contributed by atoms with E-state index in [1.807, 2.05) is 0 Å². The first-order valence-corrected chi connectivity index (χ1v) is 9.71. The topological polar surface area (TPSA) is 12.0 Å². The fourth-order valence-corrected chi connectivity index (χ4v) is 3.56. The molecule has 1 unspecified atom stereocenters. The lowest BCUT2D eigenvalue weighted by Crippen LogP contribution is -2.45. The molecular weight excluding hydrogens is 370 g/mol. The van der Waals surface area contributed by atoms with E-state index in [0.717, 1.165) is 13.0 Å². The summed E-state index contributed by atoms with van der Waals surface area (Å²) in [6.07, 6.45) is 1.06. The molecule has 1 nitrogen and oxygen atoms in total. The number of nitrogens with one attached hydrogen (secondary N) is 1. The summed E-state index contributed by atoms with van der Waals surface area (Å²) in [6.45, 7) is 3.11. The first-order valence-electron chi connectivity index (χ1n) is 8.79. The fraction of sp³-hybridized carbons (Fsp3) is 0.217. The number of halogens is 1. The molecule has 0 aliphatic carbocycles. The van der Waals surface area contributed by atoms with E-state index in [1.54, 1.807) is 0 Å². The minimum atomic E-state index is -0.355. The predicted octanol–water partition coefficient (Wildman–Crippen LogP) is 5.74. The summed E-state index contributed by atoms with van der Waals surface area (Å²) in [5, 5.41) is 3.88. The Kier molecular flexibility index (Phi) is 6.06. The number of benzene rings is 3. The highest BCUT2D eigenvalue weighted by molar-refractivity contribution is 9.09. The van der Waals surface area contributed by atoms with Crippen LogP contribution in [0.4, 0.5) is 0 Å². The van der Waals surface area contributed by atoms with E-state index in [1.165, 1.54) is 16.7 Å². The quantitative estimate of drug-likeness (QED) is 0.398. The second kappa shape index (κ2) is 8.46. The standard InChI is InChI=1S/C23H24BrN/c1-19(24)17-18-25-23(20-11-5-2-6-12-20,21-13-7-3-8-14-21)22-15-9-4-10-16-22/h2-16,19,25H,17-18H2,1H3. The lowest BCUT2D eigenvalue weighted by Gasteiger charge is -2.37. The maximum atomic E-state index is 3.88. The van der Waals surface area contributed by atoms with Crippen molar-refractivity contribution < 1.29 is 0 Å². The maximum absolute atomic E-state index is 3.88. The lowest BCUT2D eigenvalue weighted by molar-refractivity contribution is 0.466. The molecule has 2 heteroatoms. The highest BCUT2D eigenvalue weighted by atomic mass is 79.9. The summed E-state index contributed by atoms with van der Waals surface area (Å²) in [4.78, 5) is 0.486. The van der Waals surface area contributed by atoms with Crippen molar-refractivity contribution in [3.8, 4) is 0 Å². The Morgan fingerprint density at radius 3 is 1.40 bits per heavy atom. The molecule has 1 N–H and O–H groups in total. The van der Waals surface area contributed by atoms with Crippen LogP contribution in [0.3, 0.4) is 0 Å². The molecule has 0 aliphatic heterocycles. The molecule has 128 valence electrons. The summed E-state index contributed by atoms with van der Waals surface area (Å²) in [5.41, 5.74) is 3.42. The molecule has 0 aromatic heterocycles. The van der Waals surface area contributed by atoms with E-state index in [0.29, 0.717) is 4.83 Å². The van der Waals surface area contributed by atoms with Crippen LogP contribution < -0.4 is 5.32 Å². The van der Waals surface area contributed by atoms with Crippen LogP contribution in [0.15, 0.2) is 91.0 Å². The molecule has 0 saturated heterocycles. The molecule has 3 rings (SSSR count). The van der Waals surface area contributed by atoms with Crippen LogP contribution in [0.1, 0.15) is 30.0 Å². The molecule has 0 bridgehead atoms. The van der Waals surface area contributed by atoms with Gasteiger partial charge >= 0.3 is 0 Å². The third-order valence-corrected chi connectivity index (χ3v) is 5.01. The molecule has 3 aromatic rings. The average Bonchev–Trinajstić information content (AvgIpc) is 2.67. The van der Waals surface area contributed by atoms with Crippen LogP contribution in [0, 0.1) is 0 Å². The Labute approximate surface area is 159 Å². The Bertz CT molecular complexity index is 657. The van der Waals surface area contributed by atoms with E-state index < -0.39 is 0 Å². The van der Waals surface area contributed by atoms with E-state index >= 15 is 0 Å². The van der Waals surface area contributed by atoms with E-state index in [4.69, 9.17) is 0 Å². The van der Waals surface area contributed by atoms with Crippen LogP contribution in [0.5, 0.6) is 0 Å². The smallest absolute Gasteiger partial charge is 0.0947 e. The van der Waals surface area contributed by atoms with Crippen LogP contribution >= 0.6 is 15.9 Å². The van der Waals surface area contributed by atoms with Gasteiger partial charge in [-0.1, -0.05) is 114 Å². The van der Waals surface area contributed by atoms with Gasteiger partial charge in [0, 0.05) is 4.83 Å². The minimum absolute atomic E-state index is 0.355. The van der Waals surface area contributed by atoms with Gasteiger partial charge < -0.3 is 0 Å². The maximum Gasteiger partial charge on any atom is 0.0947 e. The third-order valence-electron chi connectivity index (χ3n) is 4.55. The zero-order valence-corrected chi connectivity index (χ0v) is 16.1. The number of hydrogen-bond acceptors (Lipinski definition) is 1. The SMILES string of the molecule is CC(Br)CCNC(c1ccccc1)(c1ccccc1)c1ccccc1. The number of rotatable bonds is 7. The number of alkyl halides is 1. The molecule has 0 fully saturated rings. The van der Waals surface area contributed by atoms with Gasteiger partial charge in [-0.05, 0) is 29.7 Å². The van der Waals surface area contributed by atoms with Crippen molar-refractivity contribution in [2.24, 2.45) is 0 Å². The normalized spacial score (nSPS) is 12.7. The molecule has 25 heavy (non-hydrogen) atoms. The van der Waals surface area contributed by atoms with Gasteiger partial charge in [0.25, 0.3) is 0 Å². The van der Waals surface area contributed by atoms with E-state index in [2.05, 4.69) is 119 Å². The lowest BCUT2D eigenvalue weighted by atomic mass is 9.77. The zero-order valence-electron chi connectivity index (χ0n) is 14.5. The Hall–Kier alpha value is -1.90. The minimum Gasteiger partial charge on any atom is -0.300 e. The van der Waals surface area contributed by atoms with Gasteiger partial charge in [0.2, 0.25) is 0 Å². The first-order chi connectivity index (χ1) is 12.2. The zero-order chi connectivity index (χ0) is 17.5. The Balaban J connectivity index is 2.16. The first kappa shape index (κ1) is 17.9. The average molecular weight is 394 g/mol. The second-order valence-electron chi connectivity index (χ2n) is 6.34. The highest BCUT2D eigenvalue weighted by Gasteiger charge is 2.35. The van der Waals surface area contributed by atoms with Crippen molar-refractivity contribution in [2.75, 3.05) is 6.54 Å². The van der Waals surface area contributed by atoms with Crippen LogP contribution in [0.25, 0.3) is 0 Å².